The van der Waals surface area contributed by atoms with Gasteiger partial charge in [-0.25, -0.2) is 9.18 Å². The molecule has 0 aliphatic carbocycles. The first kappa shape index (κ1) is 25.2. The number of nitrogens with zero attached hydrogens (tertiary/aromatic N) is 4. The minimum absolute atomic E-state index is 0.188. The summed E-state index contributed by atoms with van der Waals surface area (Å²) in [6.45, 7) is 1.50. The smallest absolute Gasteiger partial charge is 0.393 e. The van der Waals surface area contributed by atoms with Crippen molar-refractivity contribution in [1.82, 2.24) is 19.9 Å². The summed E-state index contributed by atoms with van der Waals surface area (Å²) in [4.78, 5) is 21.2. The summed E-state index contributed by atoms with van der Waals surface area (Å²) in [5.41, 5.74) is 0.526. The number of likely N-dealkylation sites (tertiary alicyclic amines) is 2. The van der Waals surface area contributed by atoms with Gasteiger partial charge >= 0.3 is 12.2 Å². The van der Waals surface area contributed by atoms with Gasteiger partial charge in [0.15, 0.2) is 0 Å². The fourth-order valence-corrected chi connectivity index (χ4v) is 4.99. The highest BCUT2D eigenvalue weighted by atomic mass is 19.4. The Balaban J connectivity index is 1.40. The lowest BCUT2D eigenvalue weighted by atomic mass is 9.84. The van der Waals surface area contributed by atoms with Gasteiger partial charge in [0.25, 0.3) is 0 Å². The van der Waals surface area contributed by atoms with Gasteiger partial charge in [-0.1, -0.05) is 17.3 Å². The second-order valence-electron chi connectivity index (χ2n) is 9.62. The van der Waals surface area contributed by atoms with E-state index in [2.05, 4.69) is 10.1 Å². The van der Waals surface area contributed by atoms with Crippen molar-refractivity contribution in [3.05, 3.63) is 71.4 Å². The highest BCUT2D eigenvalue weighted by Gasteiger charge is 2.37. The summed E-state index contributed by atoms with van der Waals surface area (Å²) in [5, 5.41) is 13.8. The van der Waals surface area contributed by atoms with Gasteiger partial charge in [-0.2, -0.15) is 18.2 Å². The maximum absolute atomic E-state index is 13.4. The molecule has 11 heteroatoms. The number of hydrogen-bond acceptors (Lipinski definition) is 5. The maximum atomic E-state index is 13.4. The third kappa shape index (κ3) is 5.61. The molecular weight excluding hydrogens is 492 g/mol. The molecule has 1 N–H and O–H groups in total. The van der Waals surface area contributed by atoms with E-state index in [0.717, 1.165) is 12.1 Å². The van der Waals surface area contributed by atoms with Crippen molar-refractivity contribution >= 4 is 6.03 Å². The normalized spacial score (nSPS) is 21.3. The number of rotatable bonds is 3. The minimum Gasteiger partial charge on any atom is -0.393 e. The Labute approximate surface area is 210 Å². The second-order valence-corrected chi connectivity index (χ2v) is 9.62. The number of aromatic nitrogens is 2. The Kier molecular flexibility index (Phi) is 6.89. The molecule has 2 aromatic carbocycles. The fourth-order valence-electron chi connectivity index (χ4n) is 4.99. The number of halogens is 4. The quantitative estimate of drug-likeness (QED) is 0.491. The number of aliphatic hydroxyl groups excluding tert-OH is 1. The average molecular weight is 519 g/mol. The Hall–Kier alpha value is -3.47. The predicted molar refractivity (Wildman–Crippen MR) is 125 cm³/mol. The molecule has 2 amide bonds. The molecule has 2 atom stereocenters. The number of piperidine rings is 2. The van der Waals surface area contributed by atoms with Crippen molar-refractivity contribution in [2.24, 2.45) is 0 Å². The molecule has 2 aliphatic rings. The van der Waals surface area contributed by atoms with Gasteiger partial charge in [-0.3, -0.25) is 0 Å². The van der Waals surface area contributed by atoms with E-state index < -0.39 is 23.7 Å². The standard InChI is InChI=1S/C26H26F4N4O3/c27-21-7-3-17(4-8-21)23-31-24(37-32-23)19-13-18(16-1-5-20(6-2-16)26(28,29)30)14-34(15-19)25(36)33-11-9-22(35)10-12-33/h1-8,18-19,22,35H,9-15H2. The number of urea groups is 1. The number of benzene rings is 2. The largest absolute Gasteiger partial charge is 0.416 e. The van der Waals surface area contributed by atoms with Gasteiger partial charge in [0, 0.05) is 37.7 Å². The molecule has 2 unspecified atom stereocenters. The number of amides is 2. The van der Waals surface area contributed by atoms with Gasteiger partial charge in [0.2, 0.25) is 11.7 Å². The van der Waals surface area contributed by atoms with E-state index >= 15 is 0 Å². The van der Waals surface area contributed by atoms with Crippen LogP contribution in [0.1, 0.15) is 48.1 Å². The van der Waals surface area contributed by atoms with Gasteiger partial charge in [0.05, 0.1) is 17.6 Å². The zero-order valence-corrected chi connectivity index (χ0v) is 19.9. The lowest BCUT2D eigenvalue weighted by Gasteiger charge is -2.40. The van der Waals surface area contributed by atoms with Crippen molar-refractivity contribution < 1.29 is 32.0 Å². The molecule has 7 nitrogen and oxygen atoms in total. The molecule has 0 saturated carbocycles. The number of carbonyl (C=O) groups excluding carboxylic acids is 1. The van der Waals surface area contributed by atoms with Crippen LogP contribution < -0.4 is 0 Å². The number of hydrogen-bond donors (Lipinski definition) is 1. The molecular formula is C26H26F4N4O3. The van der Waals surface area contributed by atoms with E-state index in [1.807, 2.05) is 0 Å². The van der Waals surface area contributed by atoms with E-state index in [-0.39, 0.29) is 23.7 Å². The van der Waals surface area contributed by atoms with Crippen LogP contribution in [0.25, 0.3) is 11.4 Å². The van der Waals surface area contributed by atoms with E-state index in [0.29, 0.717) is 62.5 Å². The molecule has 3 aromatic rings. The SMILES string of the molecule is O=C(N1CCC(O)CC1)N1CC(c2ccc(C(F)(F)F)cc2)CC(c2nc(-c3ccc(F)cc3)no2)C1. The molecule has 37 heavy (non-hydrogen) atoms. The van der Waals surface area contributed by atoms with E-state index in [1.165, 1.54) is 36.4 Å². The third-order valence-electron chi connectivity index (χ3n) is 7.06. The van der Waals surface area contributed by atoms with Gasteiger partial charge < -0.3 is 19.4 Å². The van der Waals surface area contributed by atoms with Gasteiger partial charge in [-0.05, 0) is 61.2 Å². The zero-order chi connectivity index (χ0) is 26.2. The molecule has 0 bridgehead atoms. The van der Waals surface area contributed by atoms with Crippen LogP contribution in [0.4, 0.5) is 22.4 Å². The van der Waals surface area contributed by atoms with Gasteiger partial charge in [0.1, 0.15) is 5.82 Å². The predicted octanol–water partition coefficient (Wildman–Crippen LogP) is 5.04. The number of aliphatic hydroxyl groups is 1. The van der Waals surface area contributed by atoms with Crippen LogP contribution in [-0.2, 0) is 6.18 Å². The molecule has 196 valence electrons. The second kappa shape index (κ2) is 10.1. The first-order valence-corrected chi connectivity index (χ1v) is 12.2. The van der Waals surface area contributed by atoms with Crippen LogP contribution in [0.2, 0.25) is 0 Å². The fraction of sp³-hybridized carbons (Fsp3) is 0.423. The first-order chi connectivity index (χ1) is 17.7. The van der Waals surface area contributed by atoms with Crippen molar-refractivity contribution in [3.63, 3.8) is 0 Å². The van der Waals surface area contributed by atoms with Crippen molar-refractivity contribution in [2.75, 3.05) is 26.2 Å². The highest BCUT2D eigenvalue weighted by Crippen LogP contribution is 2.38. The van der Waals surface area contributed by atoms with Crippen LogP contribution in [0.15, 0.2) is 53.1 Å². The monoisotopic (exact) mass is 518 g/mol. The van der Waals surface area contributed by atoms with E-state index in [1.54, 1.807) is 9.80 Å². The zero-order valence-electron chi connectivity index (χ0n) is 19.9. The van der Waals surface area contributed by atoms with Crippen LogP contribution in [0.3, 0.4) is 0 Å². The molecule has 2 aliphatic heterocycles. The summed E-state index contributed by atoms with van der Waals surface area (Å²) < 4.78 is 58.1. The molecule has 5 rings (SSSR count). The summed E-state index contributed by atoms with van der Waals surface area (Å²) >= 11 is 0. The molecule has 2 fully saturated rings. The Morgan fingerprint density at radius 2 is 1.59 bits per heavy atom. The van der Waals surface area contributed by atoms with Crippen LogP contribution in [-0.4, -0.2) is 63.4 Å². The lowest BCUT2D eigenvalue weighted by molar-refractivity contribution is -0.137. The number of alkyl halides is 3. The molecule has 0 spiro atoms. The molecule has 0 radical (unpaired) electrons. The van der Waals surface area contributed by atoms with Crippen LogP contribution >= 0.6 is 0 Å². The van der Waals surface area contributed by atoms with E-state index in [4.69, 9.17) is 4.52 Å². The molecule has 2 saturated heterocycles. The summed E-state index contributed by atoms with van der Waals surface area (Å²) in [6.07, 6.45) is -3.37. The van der Waals surface area contributed by atoms with Gasteiger partial charge in [-0.15, -0.1) is 0 Å². The average Bonchev–Trinajstić information content (AvgIpc) is 3.39. The van der Waals surface area contributed by atoms with Crippen LogP contribution in [0.5, 0.6) is 0 Å². The minimum atomic E-state index is -4.44. The third-order valence-corrected chi connectivity index (χ3v) is 7.06. The molecule has 1 aromatic heterocycles. The maximum Gasteiger partial charge on any atom is 0.416 e. The summed E-state index contributed by atoms with van der Waals surface area (Å²) in [5.74, 6) is -0.389. The number of carbonyl (C=O) groups is 1. The van der Waals surface area contributed by atoms with E-state index in [9.17, 15) is 27.5 Å². The highest BCUT2D eigenvalue weighted by molar-refractivity contribution is 5.75. The van der Waals surface area contributed by atoms with Crippen molar-refractivity contribution in [1.29, 1.82) is 0 Å². The first-order valence-electron chi connectivity index (χ1n) is 12.2. The van der Waals surface area contributed by atoms with Crippen LogP contribution in [0, 0.1) is 5.82 Å². The van der Waals surface area contributed by atoms with Crippen molar-refractivity contribution in [2.45, 2.75) is 43.4 Å². The Morgan fingerprint density at radius 3 is 2.24 bits per heavy atom. The lowest BCUT2D eigenvalue weighted by Crippen LogP contribution is -2.51. The Bertz CT molecular complexity index is 1220. The molecule has 3 heterocycles. The topological polar surface area (TPSA) is 82.7 Å². The Morgan fingerprint density at radius 1 is 0.946 bits per heavy atom. The summed E-state index contributed by atoms with van der Waals surface area (Å²) in [7, 11) is 0. The summed E-state index contributed by atoms with van der Waals surface area (Å²) in [6, 6.07) is 10.5. The van der Waals surface area contributed by atoms with Crippen molar-refractivity contribution in [3.8, 4) is 11.4 Å².